The van der Waals surface area contributed by atoms with Gasteiger partial charge in [0.2, 0.25) is 0 Å². The summed E-state index contributed by atoms with van der Waals surface area (Å²) in [6.07, 6.45) is 1.61. The Kier molecular flexibility index (Phi) is 5.03. The minimum absolute atomic E-state index is 0.151. The van der Waals surface area contributed by atoms with Crippen molar-refractivity contribution in [2.75, 3.05) is 17.3 Å². The highest BCUT2D eigenvalue weighted by Gasteiger charge is 2.12. The fourth-order valence-corrected chi connectivity index (χ4v) is 3.07. The van der Waals surface area contributed by atoms with E-state index in [0.29, 0.717) is 5.56 Å². The van der Waals surface area contributed by atoms with Crippen LogP contribution in [0.15, 0.2) is 60.8 Å². The number of para-hydroxylation sites is 1. The summed E-state index contributed by atoms with van der Waals surface area (Å²) in [4.78, 5) is 19.0. The summed E-state index contributed by atoms with van der Waals surface area (Å²) in [5.41, 5.74) is 5.75. The van der Waals surface area contributed by atoms with Gasteiger partial charge in [0.15, 0.2) is 0 Å². The van der Waals surface area contributed by atoms with Crippen LogP contribution >= 0.6 is 0 Å². The third kappa shape index (κ3) is 3.75. The predicted octanol–water partition coefficient (Wildman–Crippen LogP) is 5.03. The van der Waals surface area contributed by atoms with Gasteiger partial charge in [-0.25, -0.2) is 4.98 Å². The van der Waals surface area contributed by atoms with Gasteiger partial charge in [-0.05, 0) is 56.2 Å². The standard InChI is InChI=1S/C22H23N3O/c1-15-12-16(2)21(17(3)13-15)24-22(26)18-10-11-20(23-14-18)25(4)19-8-6-5-7-9-19/h5-14H,1-4H3,(H,24,26). The number of aromatic nitrogens is 1. The van der Waals surface area contributed by atoms with Crippen molar-refractivity contribution in [2.24, 2.45) is 0 Å². The molecule has 0 bridgehead atoms. The summed E-state index contributed by atoms with van der Waals surface area (Å²) in [5, 5.41) is 3.01. The number of carbonyl (C=O) groups is 1. The molecule has 0 aliphatic rings. The summed E-state index contributed by atoms with van der Waals surface area (Å²) in [5.74, 6) is 0.636. The van der Waals surface area contributed by atoms with Crippen molar-refractivity contribution in [3.63, 3.8) is 0 Å². The van der Waals surface area contributed by atoms with Gasteiger partial charge in [0.25, 0.3) is 5.91 Å². The monoisotopic (exact) mass is 345 g/mol. The molecule has 1 N–H and O–H groups in total. The van der Waals surface area contributed by atoms with E-state index in [9.17, 15) is 4.79 Å². The first-order valence-electron chi connectivity index (χ1n) is 8.60. The smallest absolute Gasteiger partial charge is 0.257 e. The molecule has 0 aliphatic carbocycles. The van der Waals surface area contributed by atoms with Gasteiger partial charge in [0.05, 0.1) is 5.56 Å². The lowest BCUT2D eigenvalue weighted by molar-refractivity contribution is 0.102. The van der Waals surface area contributed by atoms with Gasteiger partial charge in [0, 0.05) is 24.6 Å². The molecule has 0 aliphatic heterocycles. The molecule has 0 saturated heterocycles. The molecule has 3 rings (SSSR count). The normalized spacial score (nSPS) is 10.5. The van der Waals surface area contributed by atoms with Gasteiger partial charge in [-0.3, -0.25) is 4.79 Å². The second-order valence-corrected chi connectivity index (χ2v) is 6.53. The van der Waals surface area contributed by atoms with Gasteiger partial charge in [-0.1, -0.05) is 35.9 Å². The minimum Gasteiger partial charge on any atom is -0.329 e. The molecule has 0 saturated carbocycles. The van der Waals surface area contributed by atoms with Gasteiger partial charge in [0.1, 0.15) is 5.82 Å². The summed E-state index contributed by atoms with van der Waals surface area (Å²) < 4.78 is 0. The maximum atomic E-state index is 12.6. The summed E-state index contributed by atoms with van der Waals surface area (Å²) >= 11 is 0. The molecule has 1 aromatic heterocycles. The first kappa shape index (κ1) is 17.7. The first-order chi connectivity index (χ1) is 12.5. The average molecular weight is 345 g/mol. The predicted molar refractivity (Wildman–Crippen MR) is 107 cm³/mol. The SMILES string of the molecule is Cc1cc(C)c(NC(=O)c2ccc(N(C)c3ccccc3)nc2)c(C)c1. The topological polar surface area (TPSA) is 45.2 Å². The van der Waals surface area contributed by atoms with Crippen LogP contribution < -0.4 is 10.2 Å². The van der Waals surface area contributed by atoms with E-state index >= 15 is 0 Å². The molecule has 2 aromatic carbocycles. The van der Waals surface area contributed by atoms with Crippen LogP contribution in [0.25, 0.3) is 0 Å². The number of hydrogen-bond donors (Lipinski definition) is 1. The Morgan fingerprint density at radius 3 is 2.19 bits per heavy atom. The van der Waals surface area contributed by atoms with Crippen molar-refractivity contribution >= 4 is 23.1 Å². The number of benzene rings is 2. The lowest BCUT2D eigenvalue weighted by Crippen LogP contribution is -2.15. The largest absolute Gasteiger partial charge is 0.329 e. The zero-order chi connectivity index (χ0) is 18.7. The molecule has 132 valence electrons. The van der Waals surface area contributed by atoms with Crippen molar-refractivity contribution in [1.82, 2.24) is 4.98 Å². The molecule has 0 unspecified atom stereocenters. The maximum absolute atomic E-state index is 12.6. The Morgan fingerprint density at radius 2 is 1.62 bits per heavy atom. The number of pyridine rings is 1. The minimum atomic E-state index is -0.151. The Morgan fingerprint density at radius 1 is 0.962 bits per heavy atom. The molecular weight excluding hydrogens is 322 g/mol. The van der Waals surface area contributed by atoms with E-state index < -0.39 is 0 Å². The molecule has 0 fully saturated rings. The van der Waals surface area contributed by atoms with E-state index in [1.807, 2.05) is 62.2 Å². The third-order valence-corrected chi connectivity index (χ3v) is 4.41. The number of amides is 1. The second kappa shape index (κ2) is 7.40. The number of aryl methyl sites for hydroxylation is 3. The molecule has 0 spiro atoms. The van der Waals surface area contributed by atoms with E-state index in [1.54, 1.807) is 12.3 Å². The Labute approximate surface area is 154 Å². The molecule has 1 heterocycles. The quantitative estimate of drug-likeness (QED) is 0.721. The number of hydrogen-bond acceptors (Lipinski definition) is 3. The molecule has 1 amide bonds. The van der Waals surface area contributed by atoms with Gasteiger partial charge in [-0.2, -0.15) is 0 Å². The fraction of sp³-hybridized carbons (Fsp3) is 0.182. The van der Waals surface area contributed by atoms with E-state index in [1.165, 1.54) is 5.56 Å². The highest BCUT2D eigenvalue weighted by Crippen LogP contribution is 2.24. The number of nitrogens with zero attached hydrogens (tertiary/aromatic N) is 2. The van der Waals surface area contributed by atoms with Crippen LogP contribution in [-0.4, -0.2) is 17.9 Å². The van der Waals surface area contributed by atoms with E-state index in [0.717, 1.165) is 28.3 Å². The lowest BCUT2D eigenvalue weighted by atomic mass is 10.0. The van der Waals surface area contributed by atoms with Crippen LogP contribution in [0.5, 0.6) is 0 Å². The zero-order valence-electron chi connectivity index (χ0n) is 15.6. The Hall–Kier alpha value is -3.14. The van der Waals surface area contributed by atoms with Crippen LogP contribution in [0.3, 0.4) is 0 Å². The van der Waals surface area contributed by atoms with Crippen molar-refractivity contribution in [3.8, 4) is 0 Å². The highest BCUT2D eigenvalue weighted by atomic mass is 16.1. The first-order valence-corrected chi connectivity index (χ1v) is 8.60. The highest BCUT2D eigenvalue weighted by molar-refractivity contribution is 6.05. The van der Waals surface area contributed by atoms with E-state index in [-0.39, 0.29) is 5.91 Å². The Bertz CT molecular complexity index is 895. The van der Waals surface area contributed by atoms with Crippen LogP contribution in [0.2, 0.25) is 0 Å². The average Bonchev–Trinajstić information content (AvgIpc) is 2.64. The number of anilines is 3. The van der Waals surface area contributed by atoms with Crippen molar-refractivity contribution in [3.05, 3.63) is 83.0 Å². The number of nitrogens with one attached hydrogen (secondary N) is 1. The molecule has 4 heteroatoms. The van der Waals surface area contributed by atoms with Gasteiger partial charge >= 0.3 is 0 Å². The molecule has 26 heavy (non-hydrogen) atoms. The van der Waals surface area contributed by atoms with Crippen molar-refractivity contribution < 1.29 is 4.79 Å². The van der Waals surface area contributed by atoms with Crippen LogP contribution in [0.4, 0.5) is 17.2 Å². The molecule has 0 atom stereocenters. The summed E-state index contributed by atoms with van der Waals surface area (Å²) in [6.45, 7) is 6.06. The Balaban J connectivity index is 1.77. The number of carbonyl (C=O) groups excluding carboxylic acids is 1. The fourth-order valence-electron chi connectivity index (χ4n) is 3.07. The van der Waals surface area contributed by atoms with Gasteiger partial charge < -0.3 is 10.2 Å². The molecule has 0 radical (unpaired) electrons. The lowest BCUT2D eigenvalue weighted by Gasteiger charge is -2.18. The van der Waals surface area contributed by atoms with Gasteiger partial charge in [-0.15, -0.1) is 0 Å². The van der Waals surface area contributed by atoms with Crippen molar-refractivity contribution in [2.45, 2.75) is 20.8 Å². The maximum Gasteiger partial charge on any atom is 0.257 e. The van der Waals surface area contributed by atoms with Crippen LogP contribution in [0.1, 0.15) is 27.0 Å². The van der Waals surface area contributed by atoms with Crippen molar-refractivity contribution in [1.29, 1.82) is 0 Å². The molecule has 4 nitrogen and oxygen atoms in total. The summed E-state index contributed by atoms with van der Waals surface area (Å²) in [6, 6.07) is 17.8. The second-order valence-electron chi connectivity index (χ2n) is 6.53. The zero-order valence-corrected chi connectivity index (χ0v) is 15.6. The number of rotatable bonds is 4. The molecule has 3 aromatic rings. The van der Waals surface area contributed by atoms with Crippen LogP contribution in [0, 0.1) is 20.8 Å². The summed E-state index contributed by atoms with van der Waals surface area (Å²) in [7, 11) is 1.95. The third-order valence-electron chi connectivity index (χ3n) is 4.41. The van der Waals surface area contributed by atoms with E-state index in [4.69, 9.17) is 0 Å². The van der Waals surface area contributed by atoms with Crippen LogP contribution in [-0.2, 0) is 0 Å². The molecular formula is C22H23N3O. The van der Waals surface area contributed by atoms with E-state index in [2.05, 4.69) is 29.4 Å².